The van der Waals surface area contributed by atoms with Crippen molar-refractivity contribution in [1.29, 1.82) is 0 Å². The Bertz CT molecular complexity index is 1560. The number of carbonyl (C=O) groups is 1. The predicted molar refractivity (Wildman–Crippen MR) is 155 cm³/mol. The molecule has 0 radical (unpaired) electrons. The highest BCUT2D eigenvalue weighted by atomic mass is 127. The van der Waals surface area contributed by atoms with Crippen molar-refractivity contribution in [3.8, 4) is 17.2 Å². The van der Waals surface area contributed by atoms with E-state index in [1.807, 2.05) is 34.7 Å². The summed E-state index contributed by atoms with van der Waals surface area (Å²) in [6, 6.07) is 18.1. The first-order valence-electron chi connectivity index (χ1n) is 11.5. The van der Waals surface area contributed by atoms with E-state index in [4.69, 9.17) is 21.1 Å². The van der Waals surface area contributed by atoms with Gasteiger partial charge in [0.1, 0.15) is 34.4 Å². The van der Waals surface area contributed by atoms with Crippen molar-refractivity contribution in [3.05, 3.63) is 108 Å². The Kier molecular flexibility index (Phi) is 8.58. The van der Waals surface area contributed by atoms with Crippen LogP contribution in [0, 0.1) is 16.3 Å². The van der Waals surface area contributed by atoms with E-state index in [1.165, 1.54) is 29.8 Å². The summed E-state index contributed by atoms with van der Waals surface area (Å²) < 4.78 is 28.0. The predicted octanol–water partition coefficient (Wildman–Crippen LogP) is 6.57. The van der Waals surface area contributed by atoms with Crippen molar-refractivity contribution in [2.45, 2.75) is 13.5 Å². The quantitative estimate of drug-likeness (QED) is 0.212. The summed E-state index contributed by atoms with van der Waals surface area (Å²) in [6.45, 7) is 1.96. The van der Waals surface area contributed by atoms with E-state index >= 15 is 0 Å². The fraction of sp³-hybridized carbons (Fsp3) is 0.143. The molecule has 10 heteroatoms. The van der Waals surface area contributed by atoms with Crippen LogP contribution in [-0.2, 0) is 13.6 Å². The standard InChI is InChI=1S/C28H24ClFIN3O4/c1-16-20(29)5-4-6-23(16)38-24-14-25(35)34(2)27(33-22-12-9-18(31)13-21(22)30)26(24)28(36)32-15-17-7-10-19(37-3)11-8-17/h4-14,33H,15H2,1-3H3,(H,32,36). The number of nitrogens with zero attached hydrogens (tertiary/aromatic N) is 1. The Labute approximate surface area is 237 Å². The van der Waals surface area contributed by atoms with Gasteiger partial charge < -0.3 is 20.1 Å². The van der Waals surface area contributed by atoms with Gasteiger partial charge in [-0.05, 0) is 77.5 Å². The molecule has 4 aromatic rings. The van der Waals surface area contributed by atoms with Crippen molar-refractivity contribution in [2.24, 2.45) is 7.05 Å². The number of halogens is 3. The fourth-order valence-electron chi connectivity index (χ4n) is 3.67. The summed E-state index contributed by atoms with van der Waals surface area (Å²) in [5.74, 6) is 0.0715. The van der Waals surface area contributed by atoms with Crippen molar-refractivity contribution in [1.82, 2.24) is 9.88 Å². The number of anilines is 2. The van der Waals surface area contributed by atoms with Gasteiger partial charge in [-0.1, -0.05) is 29.8 Å². The van der Waals surface area contributed by atoms with Crippen LogP contribution in [0.5, 0.6) is 17.2 Å². The molecule has 196 valence electrons. The van der Waals surface area contributed by atoms with Gasteiger partial charge >= 0.3 is 0 Å². The number of nitrogens with one attached hydrogen (secondary N) is 2. The first-order valence-corrected chi connectivity index (χ1v) is 12.9. The summed E-state index contributed by atoms with van der Waals surface area (Å²) in [7, 11) is 3.06. The monoisotopic (exact) mass is 647 g/mol. The van der Waals surface area contributed by atoms with Crippen LogP contribution in [0.1, 0.15) is 21.5 Å². The maximum atomic E-state index is 14.8. The number of amides is 1. The average Bonchev–Trinajstić information content (AvgIpc) is 2.90. The molecule has 4 rings (SSSR count). The van der Waals surface area contributed by atoms with E-state index in [9.17, 15) is 14.0 Å². The number of benzene rings is 3. The number of carbonyl (C=O) groups excluding carboxylic acids is 1. The van der Waals surface area contributed by atoms with Crippen LogP contribution in [0.2, 0.25) is 5.02 Å². The molecule has 0 bridgehead atoms. The molecule has 1 aromatic heterocycles. The molecule has 0 unspecified atom stereocenters. The maximum Gasteiger partial charge on any atom is 0.259 e. The van der Waals surface area contributed by atoms with Crippen LogP contribution in [0.25, 0.3) is 0 Å². The summed E-state index contributed by atoms with van der Waals surface area (Å²) in [6.07, 6.45) is 0. The molecule has 0 saturated heterocycles. The number of ether oxygens (including phenoxy) is 2. The topological polar surface area (TPSA) is 81.6 Å². The Morgan fingerprint density at radius 1 is 1.08 bits per heavy atom. The van der Waals surface area contributed by atoms with Crippen molar-refractivity contribution in [3.63, 3.8) is 0 Å². The number of rotatable bonds is 8. The number of aromatic nitrogens is 1. The molecule has 0 aliphatic heterocycles. The van der Waals surface area contributed by atoms with Gasteiger partial charge in [0.05, 0.1) is 12.8 Å². The first kappa shape index (κ1) is 27.5. The Balaban J connectivity index is 1.79. The molecule has 0 fully saturated rings. The van der Waals surface area contributed by atoms with Crippen molar-refractivity contribution in [2.75, 3.05) is 12.4 Å². The lowest BCUT2D eigenvalue weighted by atomic mass is 10.1. The van der Waals surface area contributed by atoms with Crippen LogP contribution in [-0.4, -0.2) is 17.6 Å². The SMILES string of the molecule is COc1ccc(CNC(=O)c2c(Oc3cccc(Cl)c3C)cc(=O)n(C)c2Nc2ccc(I)cc2F)cc1. The maximum absolute atomic E-state index is 14.8. The van der Waals surface area contributed by atoms with E-state index in [2.05, 4.69) is 10.6 Å². The molecule has 7 nitrogen and oxygen atoms in total. The van der Waals surface area contributed by atoms with Crippen LogP contribution < -0.4 is 25.7 Å². The van der Waals surface area contributed by atoms with Gasteiger partial charge in [-0.2, -0.15) is 0 Å². The van der Waals surface area contributed by atoms with E-state index in [0.29, 0.717) is 25.7 Å². The highest BCUT2D eigenvalue weighted by Gasteiger charge is 2.24. The van der Waals surface area contributed by atoms with Crippen LogP contribution in [0.15, 0.2) is 71.5 Å². The van der Waals surface area contributed by atoms with Gasteiger partial charge in [-0.15, -0.1) is 0 Å². The normalized spacial score (nSPS) is 10.7. The number of hydrogen-bond acceptors (Lipinski definition) is 5. The summed E-state index contributed by atoms with van der Waals surface area (Å²) in [5, 5.41) is 6.26. The smallest absolute Gasteiger partial charge is 0.259 e. The van der Waals surface area contributed by atoms with Crippen molar-refractivity contribution >= 4 is 51.6 Å². The molecule has 0 atom stereocenters. The van der Waals surface area contributed by atoms with E-state index in [-0.39, 0.29) is 29.4 Å². The van der Waals surface area contributed by atoms with E-state index in [1.54, 1.807) is 50.4 Å². The molecule has 1 amide bonds. The molecule has 0 aliphatic carbocycles. The van der Waals surface area contributed by atoms with Gasteiger partial charge in [0.15, 0.2) is 0 Å². The number of hydrogen-bond donors (Lipinski definition) is 2. The van der Waals surface area contributed by atoms with Gasteiger partial charge in [-0.3, -0.25) is 14.2 Å². The Hall–Kier alpha value is -3.57. The van der Waals surface area contributed by atoms with Gasteiger partial charge in [0.2, 0.25) is 0 Å². The Morgan fingerprint density at radius 3 is 2.50 bits per heavy atom. The molecule has 0 aliphatic rings. The lowest BCUT2D eigenvalue weighted by Crippen LogP contribution is -2.29. The fourth-order valence-corrected chi connectivity index (χ4v) is 4.29. The van der Waals surface area contributed by atoms with Crippen molar-refractivity contribution < 1.29 is 18.7 Å². The second kappa shape index (κ2) is 11.9. The summed E-state index contributed by atoms with van der Waals surface area (Å²) in [4.78, 5) is 26.6. The minimum Gasteiger partial charge on any atom is -0.497 e. The highest BCUT2D eigenvalue weighted by Crippen LogP contribution is 2.34. The van der Waals surface area contributed by atoms with Crippen LogP contribution in [0.4, 0.5) is 15.9 Å². The lowest BCUT2D eigenvalue weighted by molar-refractivity contribution is 0.0948. The molecule has 2 N–H and O–H groups in total. The molecular weight excluding hydrogens is 624 g/mol. The van der Waals surface area contributed by atoms with Gasteiger partial charge in [0, 0.05) is 33.8 Å². The number of pyridine rings is 1. The number of methoxy groups -OCH3 is 1. The second-order valence-electron chi connectivity index (χ2n) is 8.37. The summed E-state index contributed by atoms with van der Waals surface area (Å²) >= 11 is 8.26. The molecule has 1 heterocycles. The third-order valence-corrected chi connectivity index (χ3v) is 6.95. The van der Waals surface area contributed by atoms with E-state index < -0.39 is 17.3 Å². The zero-order valence-corrected chi connectivity index (χ0v) is 23.7. The first-order chi connectivity index (χ1) is 18.2. The Morgan fingerprint density at radius 2 is 1.82 bits per heavy atom. The largest absolute Gasteiger partial charge is 0.497 e. The highest BCUT2D eigenvalue weighted by molar-refractivity contribution is 14.1. The second-order valence-corrected chi connectivity index (χ2v) is 10.0. The molecule has 3 aromatic carbocycles. The average molecular weight is 648 g/mol. The minimum atomic E-state index is -0.536. The van der Waals surface area contributed by atoms with Crippen LogP contribution in [0.3, 0.4) is 0 Å². The molecular formula is C28H24ClFIN3O4. The zero-order valence-electron chi connectivity index (χ0n) is 20.8. The van der Waals surface area contributed by atoms with E-state index in [0.717, 1.165) is 5.56 Å². The molecule has 0 saturated carbocycles. The van der Waals surface area contributed by atoms with Gasteiger partial charge in [0.25, 0.3) is 11.5 Å². The van der Waals surface area contributed by atoms with Gasteiger partial charge in [-0.25, -0.2) is 4.39 Å². The third kappa shape index (κ3) is 6.11. The van der Waals surface area contributed by atoms with Crippen LogP contribution >= 0.6 is 34.2 Å². The minimum absolute atomic E-state index is 0.000817. The third-order valence-electron chi connectivity index (χ3n) is 5.87. The lowest BCUT2D eigenvalue weighted by Gasteiger charge is -2.20. The summed E-state index contributed by atoms with van der Waals surface area (Å²) in [5.41, 5.74) is 1.13. The molecule has 0 spiro atoms. The molecule has 38 heavy (non-hydrogen) atoms. The zero-order chi connectivity index (χ0) is 27.4.